The summed E-state index contributed by atoms with van der Waals surface area (Å²) >= 11 is 0. The van der Waals surface area contributed by atoms with Crippen molar-refractivity contribution in [1.82, 2.24) is 0 Å². The molecule has 19 heteroatoms. The van der Waals surface area contributed by atoms with Gasteiger partial charge in [0.1, 0.15) is 19.3 Å². The van der Waals surface area contributed by atoms with Crippen LogP contribution in [0.1, 0.15) is 297 Å². The van der Waals surface area contributed by atoms with Gasteiger partial charge in [-0.1, -0.05) is 274 Å². The van der Waals surface area contributed by atoms with E-state index >= 15 is 0 Å². The third-order valence-corrected chi connectivity index (χ3v) is 18.2. The lowest BCUT2D eigenvalue weighted by molar-refractivity contribution is -0.161. The van der Waals surface area contributed by atoms with Gasteiger partial charge < -0.3 is 33.8 Å². The number of ether oxygens (including phenoxy) is 4. The molecule has 0 radical (unpaired) electrons. The molecule has 5 atom stereocenters. The summed E-state index contributed by atoms with van der Waals surface area (Å²) in [5.41, 5.74) is 0. The normalized spacial score (nSPS) is 14.8. The second kappa shape index (κ2) is 79.3. The maximum absolute atomic E-state index is 13.1. The number of aliphatic hydroxyl groups excluding tert-OH is 1. The topological polar surface area (TPSA) is 237 Å². The van der Waals surface area contributed by atoms with Crippen LogP contribution < -0.4 is 0 Å². The van der Waals surface area contributed by atoms with Crippen molar-refractivity contribution in [3.05, 3.63) is 182 Å². The molecule has 0 aromatic carbocycles. The van der Waals surface area contributed by atoms with E-state index in [1.165, 1.54) is 19.3 Å². The quantitative estimate of drug-likeness (QED) is 0.0169. The van der Waals surface area contributed by atoms with Crippen molar-refractivity contribution in [2.45, 2.75) is 316 Å². The molecular formula is C89H144O17P2. The van der Waals surface area contributed by atoms with E-state index in [0.29, 0.717) is 25.7 Å². The van der Waals surface area contributed by atoms with Crippen LogP contribution in [0.25, 0.3) is 0 Å². The fourth-order valence-corrected chi connectivity index (χ4v) is 11.8. The minimum absolute atomic E-state index is 0.0600. The van der Waals surface area contributed by atoms with Crippen LogP contribution in [0.5, 0.6) is 0 Å². The van der Waals surface area contributed by atoms with Crippen molar-refractivity contribution in [3.8, 4) is 0 Å². The lowest BCUT2D eigenvalue weighted by Gasteiger charge is -2.21. The number of carbonyl (C=O) groups excluding carboxylic acids is 4. The molecule has 3 N–H and O–H groups in total. The molecule has 0 aromatic rings. The third kappa shape index (κ3) is 78.3. The Bertz CT molecular complexity index is 2760. The lowest BCUT2D eigenvalue weighted by atomic mass is 10.1. The average Bonchev–Trinajstić information content (AvgIpc) is 0.923. The number of phosphoric ester groups is 2. The molecule has 0 aliphatic heterocycles. The van der Waals surface area contributed by atoms with Crippen LogP contribution in [0, 0.1) is 0 Å². The minimum atomic E-state index is -5.00. The SMILES string of the molecule is CC/C=C\C/C=C\C/C=C\C/C=C\C/C=C\CCCCCC(=O)OCC(COP(=O)(O)OCC(O)COP(=O)(O)OCC(COC(=O)CCCCC/C=C\C/C=C\C/C=C\C/C=C\C/C=C\CC)OC(=O)CCCCCCC/C=C\C/C=C\CCCCC)OC(=O)CCCCCCC/C=C\C/C=C\C/C=C\CC. The van der Waals surface area contributed by atoms with E-state index in [2.05, 4.69) is 210 Å². The summed E-state index contributed by atoms with van der Waals surface area (Å²) in [5, 5.41) is 10.7. The molecule has 0 fully saturated rings. The summed E-state index contributed by atoms with van der Waals surface area (Å²) in [7, 11) is -10.0. The Morgan fingerprint density at radius 2 is 0.481 bits per heavy atom. The summed E-state index contributed by atoms with van der Waals surface area (Å²) in [6.45, 7) is 4.39. The average molecular weight is 1550 g/mol. The van der Waals surface area contributed by atoms with Gasteiger partial charge in [-0.05, 0) is 180 Å². The van der Waals surface area contributed by atoms with Gasteiger partial charge in [0.25, 0.3) is 0 Å². The second-order valence-electron chi connectivity index (χ2n) is 26.6. The summed E-state index contributed by atoms with van der Waals surface area (Å²) in [6, 6.07) is 0. The summed E-state index contributed by atoms with van der Waals surface area (Å²) in [6.07, 6.45) is 95.8. The van der Waals surface area contributed by atoms with Crippen molar-refractivity contribution >= 4 is 39.5 Å². The Labute approximate surface area is 654 Å². The summed E-state index contributed by atoms with van der Waals surface area (Å²) in [4.78, 5) is 73.1. The van der Waals surface area contributed by atoms with E-state index in [-0.39, 0.29) is 25.7 Å². The smallest absolute Gasteiger partial charge is 0.462 e. The molecule has 0 heterocycles. The zero-order chi connectivity index (χ0) is 78.9. The van der Waals surface area contributed by atoms with E-state index < -0.39 is 97.5 Å². The number of unbranched alkanes of at least 4 members (excludes halogenated alkanes) is 19. The Morgan fingerprint density at radius 3 is 0.750 bits per heavy atom. The molecule has 0 aliphatic carbocycles. The number of phosphoric acid groups is 2. The van der Waals surface area contributed by atoms with E-state index in [1.54, 1.807) is 0 Å². The van der Waals surface area contributed by atoms with Gasteiger partial charge in [-0.25, -0.2) is 9.13 Å². The molecule has 0 aliphatic rings. The first kappa shape index (κ1) is 102. The summed E-state index contributed by atoms with van der Waals surface area (Å²) < 4.78 is 68.6. The Morgan fingerprint density at radius 1 is 0.269 bits per heavy atom. The number of aliphatic hydroxyl groups is 1. The standard InChI is InChI=1S/C89H144O17P2/c1-5-9-13-17-21-25-29-33-37-39-41-43-47-49-53-57-61-65-69-73-86(91)99-79-84(105-88(93)75-71-67-63-59-55-51-45-35-31-27-23-19-15-11-7-3)81-103-107(95,96)101-77-83(90)78-102-108(97,98)104-82-85(106-89(94)76-72-68-64-60-56-52-46-36-32-28-24-20-16-12-8-4)80-100-87(92)74-70-66-62-58-54-50-48-44-42-40-38-34-30-26-22-18-14-10-6-2/h9-11,13-15,21-28,33-38,41-46,49-50,53-54,83-85,90H,5-8,12,16-20,29-32,39-40,47-48,51-52,55-82H2,1-4H3,(H,95,96)(H,97,98)/b13-9-,14-10-,15-11-,25-21-,26-22-,27-23-,28-24-,37-33-,38-34-,43-41-,44-42-,45-35-,46-36-,53-49-,54-50-. The highest BCUT2D eigenvalue weighted by atomic mass is 31.2. The van der Waals surface area contributed by atoms with Gasteiger partial charge >= 0.3 is 39.5 Å². The van der Waals surface area contributed by atoms with Gasteiger partial charge in [0, 0.05) is 25.7 Å². The maximum atomic E-state index is 13.1. The van der Waals surface area contributed by atoms with Gasteiger partial charge in [-0.3, -0.25) is 37.3 Å². The fourth-order valence-electron chi connectivity index (χ4n) is 10.2. The first-order chi connectivity index (χ1) is 52.7. The highest BCUT2D eigenvalue weighted by molar-refractivity contribution is 7.47. The Balaban J connectivity index is 5.47. The van der Waals surface area contributed by atoms with E-state index in [9.17, 15) is 43.2 Å². The van der Waals surface area contributed by atoms with Gasteiger partial charge in [0.05, 0.1) is 26.4 Å². The van der Waals surface area contributed by atoms with Crippen molar-refractivity contribution in [2.75, 3.05) is 39.6 Å². The van der Waals surface area contributed by atoms with Gasteiger partial charge in [0.2, 0.25) is 0 Å². The molecule has 0 saturated carbocycles. The van der Waals surface area contributed by atoms with Crippen LogP contribution in [0.3, 0.4) is 0 Å². The molecule has 0 saturated heterocycles. The first-order valence-electron chi connectivity index (χ1n) is 41.0. The van der Waals surface area contributed by atoms with Crippen molar-refractivity contribution < 1.29 is 80.2 Å². The van der Waals surface area contributed by atoms with Gasteiger partial charge in [-0.15, -0.1) is 0 Å². The van der Waals surface area contributed by atoms with E-state index in [4.69, 9.17) is 37.0 Å². The minimum Gasteiger partial charge on any atom is -0.462 e. The van der Waals surface area contributed by atoms with Crippen LogP contribution in [0.4, 0.5) is 0 Å². The predicted octanol–water partition coefficient (Wildman–Crippen LogP) is 24.3. The van der Waals surface area contributed by atoms with Crippen LogP contribution in [-0.4, -0.2) is 96.7 Å². The Kier molecular flexibility index (Phi) is 75.0. The summed E-state index contributed by atoms with van der Waals surface area (Å²) in [5.74, 6) is -2.30. The third-order valence-electron chi connectivity index (χ3n) is 16.3. The van der Waals surface area contributed by atoms with E-state index in [1.807, 2.05) is 0 Å². The largest absolute Gasteiger partial charge is 0.472 e. The Hall–Kier alpha value is -5.84. The predicted molar refractivity (Wildman–Crippen MR) is 445 cm³/mol. The number of carbonyl (C=O) groups is 4. The van der Waals surface area contributed by atoms with Crippen LogP contribution >= 0.6 is 15.6 Å². The molecule has 0 rings (SSSR count). The number of hydrogen-bond acceptors (Lipinski definition) is 15. The first-order valence-corrected chi connectivity index (χ1v) is 44.0. The zero-order valence-electron chi connectivity index (χ0n) is 66.9. The highest BCUT2D eigenvalue weighted by Gasteiger charge is 2.30. The molecule has 0 bridgehead atoms. The number of esters is 4. The highest BCUT2D eigenvalue weighted by Crippen LogP contribution is 2.45. The molecule has 0 aromatic heterocycles. The van der Waals surface area contributed by atoms with Crippen LogP contribution in [0.15, 0.2) is 182 Å². The second-order valence-corrected chi connectivity index (χ2v) is 29.5. The molecule has 612 valence electrons. The lowest BCUT2D eigenvalue weighted by Crippen LogP contribution is -2.30. The van der Waals surface area contributed by atoms with Crippen molar-refractivity contribution in [3.63, 3.8) is 0 Å². The van der Waals surface area contributed by atoms with E-state index in [0.717, 1.165) is 199 Å². The molecule has 0 spiro atoms. The molecule has 108 heavy (non-hydrogen) atoms. The number of allylic oxidation sites excluding steroid dienone is 30. The molecule has 5 unspecified atom stereocenters. The fraction of sp³-hybridized carbons (Fsp3) is 0.618. The number of rotatable bonds is 75. The molecule has 0 amide bonds. The van der Waals surface area contributed by atoms with Crippen LogP contribution in [-0.2, 0) is 65.4 Å². The number of hydrogen-bond donors (Lipinski definition) is 3. The molecular weight excluding hydrogens is 1400 g/mol. The zero-order valence-corrected chi connectivity index (χ0v) is 68.7. The van der Waals surface area contributed by atoms with Crippen molar-refractivity contribution in [1.29, 1.82) is 0 Å². The van der Waals surface area contributed by atoms with Crippen molar-refractivity contribution in [2.24, 2.45) is 0 Å². The molecule has 17 nitrogen and oxygen atoms in total. The van der Waals surface area contributed by atoms with Gasteiger partial charge in [0.15, 0.2) is 12.2 Å². The van der Waals surface area contributed by atoms with Gasteiger partial charge in [-0.2, -0.15) is 0 Å². The monoisotopic (exact) mass is 1550 g/mol. The maximum Gasteiger partial charge on any atom is 0.472 e. The van der Waals surface area contributed by atoms with Crippen LogP contribution in [0.2, 0.25) is 0 Å².